The number of allylic oxidation sites excluding steroid dienone is 1. The molecule has 200 valence electrons. The summed E-state index contributed by atoms with van der Waals surface area (Å²) in [6.45, 7) is 3.67. The first kappa shape index (κ1) is 26.7. The first-order chi connectivity index (χ1) is 18.8. The van der Waals surface area contributed by atoms with Crippen LogP contribution in [0.5, 0.6) is 11.5 Å². The second kappa shape index (κ2) is 11.1. The molecular weight excluding hydrogens is 584 g/mol. The van der Waals surface area contributed by atoms with Gasteiger partial charge in [0, 0.05) is 16.1 Å². The van der Waals surface area contributed by atoms with Crippen molar-refractivity contribution in [2.75, 3.05) is 20.8 Å². The molecule has 0 amide bonds. The molecular formula is C29H25BrN2O6S. The fourth-order valence-electron chi connectivity index (χ4n) is 4.46. The fourth-order valence-corrected chi connectivity index (χ4v) is 5.75. The summed E-state index contributed by atoms with van der Waals surface area (Å²) in [5, 5.41) is 0. The number of hydrogen-bond acceptors (Lipinski definition) is 8. The van der Waals surface area contributed by atoms with Gasteiger partial charge in [-0.2, -0.15) is 0 Å². The highest BCUT2D eigenvalue weighted by molar-refractivity contribution is 9.10. The predicted octanol–water partition coefficient (Wildman–Crippen LogP) is 4.84. The van der Waals surface area contributed by atoms with E-state index in [9.17, 15) is 9.59 Å². The average molecular weight is 609 g/mol. The van der Waals surface area contributed by atoms with Crippen LogP contribution in [0.15, 0.2) is 84.5 Å². The molecule has 0 bridgehead atoms. The Morgan fingerprint density at radius 1 is 1.10 bits per heavy atom. The molecule has 1 atom stereocenters. The van der Waals surface area contributed by atoms with Crippen molar-refractivity contribution in [2.45, 2.75) is 19.9 Å². The van der Waals surface area contributed by atoms with Crippen molar-refractivity contribution < 1.29 is 23.4 Å². The van der Waals surface area contributed by atoms with Gasteiger partial charge in [-0.05, 0) is 55.8 Å². The molecule has 1 aliphatic heterocycles. The van der Waals surface area contributed by atoms with Gasteiger partial charge in [0.25, 0.3) is 5.56 Å². The zero-order valence-corrected chi connectivity index (χ0v) is 24.1. The molecule has 39 heavy (non-hydrogen) atoms. The van der Waals surface area contributed by atoms with Crippen LogP contribution in [-0.4, -0.2) is 31.4 Å². The molecule has 10 heteroatoms. The number of hydrogen-bond donors (Lipinski definition) is 0. The molecule has 0 saturated heterocycles. The average Bonchev–Trinajstić information content (AvgIpc) is 3.52. The lowest BCUT2D eigenvalue weighted by Gasteiger charge is -2.25. The van der Waals surface area contributed by atoms with Gasteiger partial charge in [-0.1, -0.05) is 45.5 Å². The first-order valence-electron chi connectivity index (χ1n) is 12.1. The second-order valence-electron chi connectivity index (χ2n) is 8.63. The van der Waals surface area contributed by atoms with Crippen LogP contribution in [0, 0.1) is 0 Å². The molecule has 3 heterocycles. The first-order valence-corrected chi connectivity index (χ1v) is 13.7. The summed E-state index contributed by atoms with van der Waals surface area (Å²) in [7, 11) is 3.08. The Kier molecular flexibility index (Phi) is 7.58. The van der Waals surface area contributed by atoms with Gasteiger partial charge in [-0.3, -0.25) is 9.36 Å². The lowest BCUT2D eigenvalue weighted by atomic mass is 9.95. The number of aromatic nitrogens is 1. The number of halogens is 1. The Bertz CT molecular complexity index is 1760. The molecule has 5 rings (SSSR count). The summed E-state index contributed by atoms with van der Waals surface area (Å²) in [6, 6.07) is 16.0. The van der Waals surface area contributed by atoms with E-state index in [1.165, 1.54) is 23.0 Å². The van der Waals surface area contributed by atoms with Gasteiger partial charge >= 0.3 is 5.97 Å². The standard InChI is InChI=1S/C29H25BrN2O6S/c1-5-37-28(34)25-16(2)31-29-32(26(25)18-8-12-22(35-3)23(14-18)36-4)27(33)24(39-29)15-20-11-13-21(38-20)17-6-9-19(30)10-7-17/h6-15,26H,5H2,1-4H3. The van der Waals surface area contributed by atoms with Crippen LogP contribution in [0.25, 0.3) is 17.4 Å². The maximum atomic E-state index is 13.8. The van der Waals surface area contributed by atoms with Crippen LogP contribution in [0.1, 0.15) is 31.2 Å². The topological polar surface area (TPSA) is 92.3 Å². The Morgan fingerprint density at radius 3 is 2.54 bits per heavy atom. The minimum Gasteiger partial charge on any atom is -0.493 e. The van der Waals surface area contributed by atoms with Gasteiger partial charge in [-0.25, -0.2) is 9.79 Å². The number of benzene rings is 2. The largest absolute Gasteiger partial charge is 0.493 e. The highest BCUT2D eigenvalue weighted by atomic mass is 79.9. The zero-order valence-electron chi connectivity index (χ0n) is 21.7. The maximum absolute atomic E-state index is 13.8. The van der Waals surface area contributed by atoms with Crippen LogP contribution in [-0.2, 0) is 9.53 Å². The minimum atomic E-state index is -0.766. The van der Waals surface area contributed by atoms with E-state index in [1.54, 1.807) is 45.2 Å². The number of rotatable bonds is 7. The normalized spacial score (nSPS) is 15.1. The summed E-state index contributed by atoms with van der Waals surface area (Å²) in [5.41, 5.74) is 2.06. The molecule has 2 aromatic carbocycles. The fraction of sp³-hybridized carbons (Fsp3) is 0.207. The van der Waals surface area contributed by atoms with Crippen LogP contribution in [0.4, 0.5) is 0 Å². The molecule has 1 aliphatic rings. The van der Waals surface area contributed by atoms with Crippen molar-refractivity contribution in [3.05, 3.63) is 101 Å². The number of nitrogens with zero attached hydrogens (tertiary/aromatic N) is 2. The van der Waals surface area contributed by atoms with Crippen LogP contribution in [0.2, 0.25) is 0 Å². The van der Waals surface area contributed by atoms with Crippen molar-refractivity contribution in [3.8, 4) is 22.8 Å². The van der Waals surface area contributed by atoms with E-state index < -0.39 is 12.0 Å². The SMILES string of the molecule is CCOC(=O)C1=C(C)N=c2sc(=Cc3ccc(-c4ccc(Br)cc4)o3)c(=O)n2C1c1ccc(OC)c(OC)c1. The number of carbonyl (C=O) groups is 1. The molecule has 0 radical (unpaired) electrons. The van der Waals surface area contributed by atoms with Crippen molar-refractivity contribution in [1.29, 1.82) is 0 Å². The van der Waals surface area contributed by atoms with Crippen LogP contribution in [0.3, 0.4) is 0 Å². The second-order valence-corrected chi connectivity index (χ2v) is 10.6. The summed E-state index contributed by atoms with van der Waals surface area (Å²) in [5.74, 6) is 1.70. The van der Waals surface area contributed by atoms with E-state index >= 15 is 0 Å². The minimum absolute atomic E-state index is 0.192. The van der Waals surface area contributed by atoms with Crippen molar-refractivity contribution in [1.82, 2.24) is 4.57 Å². The molecule has 4 aromatic rings. The zero-order chi connectivity index (χ0) is 27.7. The van der Waals surface area contributed by atoms with Gasteiger partial charge in [0.15, 0.2) is 16.3 Å². The van der Waals surface area contributed by atoms with Gasteiger partial charge in [0.2, 0.25) is 0 Å². The van der Waals surface area contributed by atoms with Crippen molar-refractivity contribution in [2.24, 2.45) is 4.99 Å². The highest BCUT2D eigenvalue weighted by Crippen LogP contribution is 2.36. The summed E-state index contributed by atoms with van der Waals surface area (Å²) < 4.78 is 25.2. The maximum Gasteiger partial charge on any atom is 0.338 e. The number of ether oxygens (including phenoxy) is 3. The number of esters is 1. The Morgan fingerprint density at radius 2 is 1.85 bits per heavy atom. The summed E-state index contributed by atoms with van der Waals surface area (Å²) in [6.07, 6.45) is 1.70. The van der Waals surface area contributed by atoms with Crippen molar-refractivity contribution in [3.63, 3.8) is 0 Å². The summed E-state index contributed by atoms with van der Waals surface area (Å²) >= 11 is 4.67. The third kappa shape index (κ3) is 5.09. The van der Waals surface area contributed by atoms with Gasteiger partial charge in [0.05, 0.1) is 42.7 Å². The Balaban J connectivity index is 1.65. The third-order valence-electron chi connectivity index (χ3n) is 6.27. The lowest BCUT2D eigenvalue weighted by Crippen LogP contribution is -2.39. The number of carbonyl (C=O) groups excluding carboxylic acids is 1. The number of thiazole rings is 1. The van der Waals surface area contributed by atoms with E-state index in [2.05, 4.69) is 20.9 Å². The molecule has 1 unspecified atom stereocenters. The van der Waals surface area contributed by atoms with Crippen molar-refractivity contribution >= 4 is 39.3 Å². The van der Waals surface area contributed by atoms with E-state index in [1.807, 2.05) is 36.4 Å². The third-order valence-corrected chi connectivity index (χ3v) is 7.78. The smallest absolute Gasteiger partial charge is 0.338 e. The number of furan rings is 1. The molecule has 0 N–H and O–H groups in total. The van der Waals surface area contributed by atoms with E-state index in [0.29, 0.717) is 49.2 Å². The molecule has 0 aliphatic carbocycles. The van der Waals surface area contributed by atoms with E-state index in [4.69, 9.17) is 18.6 Å². The Hall–Kier alpha value is -3.89. The quantitative estimate of drug-likeness (QED) is 0.279. The lowest BCUT2D eigenvalue weighted by molar-refractivity contribution is -0.139. The molecule has 2 aromatic heterocycles. The van der Waals surface area contributed by atoms with Crippen LogP contribution < -0.4 is 24.4 Å². The number of methoxy groups -OCH3 is 2. The van der Waals surface area contributed by atoms with Gasteiger partial charge in [-0.15, -0.1) is 0 Å². The monoisotopic (exact) mass is 608 g/mol. The molecule has 8 nitrogen and oxygen atoms in total. The molecule has 0 spiro atoms. The van der Waals surface area contributed by atoms with E-state index in [0.717, 1.165) is 10.0 Å². The molecule has 0 fully saturated rings. The number of fused-ring (bicyclic) bond motifs is 1. The van der Waals surface area contributed by atoms with Crippen LogP contribution >= 0.6 is 27.3 Å². The van der Waals surface area contributed by atoms with Gasteiger partial charge in [0.1, 0.15) is 11.5 Å². The predicted molar refractivity (Wildman–Crippen MR) is 152 cm³/mol. The highest BCUT2D eigenvalue weighted by Gasteiger charge is 2.34. The Labute approximate surface area is 236 Å². The van der Waals surface area contributed by atoms with E-state index in [-0.39, 0.29) is 12.2 Å². The van der Waals surface area contributed by atoms with Gasteiger partial charge < -0.3 is 18.6 Å². The summed E-state index contributed by atoms with van der Waals surface area (Å²) in [4.78, 5) is 32.0. The molecule has 0 saturated carbocycles.